The molecule has 0 fully saturated rings. The Kier molecular flexibility index (Phi) is 7.40. The SMILES string of the molecule is C#Cc1ccc(OCCCCCCOc2ccc(C(=N)N)cc2)cc1. The minimum absolute atomic E-state index is 0.0701. The predicted octanol–water partition coefficient (Wildman–Crippen LogP) is 3.97. The molecule has 0 amide bonds. The summed E-state index contributed by atoms with van der Waals surface area (Å²) in [6.07, 6.45) is 9.55. The zero-order chi connectivity index (χ0) is 17.9. The highest BCUT2D eigenvalue weighted by Crippen LogP contribution is 2.14. The van der Waals surface area contributed by atoms with Crippen LogP contribution < -0.4 is 15.2 Å². The smallest absolute Gasteiger partial charge is 0.122 e. The average molecular weight is 336 g/mol. The summed E-state index contributed by atoms with van der Waals surface area (Å²) in [4.78, 5) is 0. The monoisotopic (exact) mass is 336 g/mol. The summed E-state index contributed by atoms with van der Waals surface area (Å²) in [6.45, 7) is 1.40. The molecule has 0 unspecified atom stereocenters. The zero-order valence-electron chi connectivity index (χ0n) is 14.3. The molecule has 3 N–H and O–H groups in total. The molecule has 0 spiro atoms. The summed E-state index contributed by atoms with van der Waals surface area (Å²) in [5, 5.41) is 7.35. The van der Waals surface area contributed by atoms with Gasteiger partial charge in [0.1, 0.15) is 17.3 Å². The summed E-state index contributed by atoms with van der Waals surface area (Å²) in [5.41, 5.74) is 6.99. The Morgan fingerprint density at radius 2 is 1.32 bits per heavy atom. The molecule has 0 saturated heterocycles. The summed E-state index contributed by atoms with van der Waals surface area (Å²) in [7, 11) is 0. The molecular weight excluding hydrogens is 312 g/mol. The molecule has 0 radical (unpaired) electrons. The van der Waals surface area contributed by atoms with Crippen molar-refractivity contribution in [3.8, 4) is 23.8 Å². The molecule has 0 heterocycles. The lowest BCUT2D eigenvalue weighted by Gasteiger charge is -2.08. The summed E-state index contributed by atoms with van der Waals surface area (Å²) in [6, 6.07) is 14.9. The van der Waals surface area contributed by atoms with Crippen molar-refractivity contribution in [1.82, 2.24) is 0 Å². The highest BCUT2D eigenvalue weighted by Gasteiger charge is 1.98. The molecule has 0 saturated carbocycles. The van der Waals surface area contributed by atoms with Crippen LogP contribution >= 0.6 is 0 Å². The normalized spacial score (nSPS) is 10.0. The molecule has 2 aromatic carbocycles. The topological polar surface area (TPSA) is 68.3 Å². The van der Waals surface area contributed by atoms with E-state index in [0.717, 1.165) is 42.7 Å². The molecule has 2 aromatic rings. The molecule has 4 heteroatoms. The van der Waals surface area contributed by atoms with E-state index < -0.39 is 0 Å². The van der Waals surface area contributed by atoms with Gasteiger partial charge in [0.15, 0.2) is 0 Å². The first-order valence-electron chi connectivity index (χ1n) is 8.46. The van der Waals surface area contributed by atoms with Gasteiger partial charge in [0.25, 0.3) is 0 Å². The standard InChI is InChI=1S/C21H24N2O2/c1-2-17-7-11-19(12-8-17)24-15-5-3-4-6-16-25-20-13-9-18(10-14-20)21(22)23/h1,7-14H,3-6,15-16H2,(H3,22,23). The Labute approximate surface area is 149 Å². The quantitative estimate of drug-likeness (QED) is 0.298. The van der Waals surface area contributed by atoms with E-state index in [4.69, 9.17) is 27.0 Å². The molecular formula is C21H24N2O2. The van der Waals surface area contributed by atoms with Gasteiger partial charge in [0, 0.05) is 11.1 Å². The number of hydrogen-bond acceptors (Lipinski definition) is 3. The van der Waals surface area contributed by atoms with E-state index in [1.54, 1.807) is 12.1 Å². The lowest BCUT2D eigenvalue weighted by molar-refractivity contribution is 0.287. The number of ether oxygens (including phenoxy) is 2. The maximum Gasteiger partial charge on any atom is 0.122 e. The molecule has 2 rings (SSSR count). The van der Waals surface area contributed by atoms with Gasteiger partial charge in [-0.3, -0.25) is 5.41 Å². The number of nitrogens with two attached hydrogens (primary N) is 1. The molecule has 4 nitrogen and oxygen atoms in total. The van der Waals surface area contributed by atoms with Crippen molar-refractivity contribution in [2.45, 2.75) is 25.7 Å². The number of nitrogen functional groups attached to an aromatic ring is 1. The molecule has 0 aromatic heterocycles. The van der Waals surface area contributed by atoms with Gasteiger partial charge in [-0.25, -0.2) is 0 Å². The molecule has 0 aliphatic carbocycles. The van der Waals surface area contributed by atoms with Gasteiger partial charge in [0.05, 0.1) is 13.2 Å². The first-order chi connectivity index (χ1) is 12.2. The van der Waals surface area contributed by atoms with Crippen molar-refractivity contribution in [2.75, 3.05) is 13.2 Å². The largest absolute Gasteiger partial charge is 0.494 e. The second-order valence-electron chi connectivity index (χ2n) is 5.72. The van der Waals surface area contributed by atoms with Gasteiger partial charge in [-0.1, -0.05) is 5.92 Å². The van der Waals surface area contributed by atoms with Crippen molar-refractivity contribution in [2.24, 2.45) is 5.73 Å². The van der Waals surface area contributed by atoms with E-state index in [-0.39, 0.29) is 5.84 Å². The van der Waals surface area contributed by atoms with E-state index in [1.807, 2.05) is 36.4 Å². The molecule has 0 aliphatic heterocycles. The second-order valence-corrected chi connectivity index (χ2v) is 5.72. The van der Waals surface area contributed by atoms with E-state index in [2.05, 4.69) is 5.92 Å². The van der Waals surface area contributed by atoms with Crippen molar-refractivity contribution >= 4 is 5.84 Å². The summed E-state index contributed by atoms with van der Waals surface area (Å²) >= 11 is 0. The average Bonchev–Trinajstić information content (AvgIpc) is 2.64. The van der Waals surface area contributed by atoms with Crippen LogP contribution in [0.4, 0.5) is 0 Å². The van der Waals surface area contributed by atoms with Crippen LogP contribution in [0.5, 0.6) is 11.5 Å². The zero-order valence-corrected chi connectivity index (χ0v) is 14.3. The lowest BCUT2D eigenvalue weighted by Crippen LogP contribution is -2.10. The van der Waals surface area contributed by atoms with Crippen molar-refractivity contribution in [3.63, 3.8) is 0 Å². The Bertz CT molecular complexity index is 700. The predicted molar refractivity (Wildman–Crippen MR) is 101 cm³/mol. The van der Waals surface area contributed by atoms with Gasteiger partial charge in [-0.05, 0) is 74.2 Å². The minimum atomic E-state index is 0.0701. The highest BCUT2D eigenvalue weighted by molar-refractivity contribution is 5.94. The highest BCUT2D eigenvalue weighted by atomic mass is 16.5. The number of nitrogens with one attached hydrogen (secondary N) is 1. The van der Waals surface area contributed by atoms with Gasteiger partial charge in [0.2, 0.25) is 0 Å². The van der Waals surface area contributed by atoms with Crippen LogP contribution in [0.3, 0.4) is 0 Å². The van der Waals surface area contributed by atoms with Crippen LogP contribution in [0, 0.1) is 17.8 Å². The van der Waals surface area contributed by atoms with Crippen molar-refractivity contribution in [3.05, 3.63) is 59.7 Å². The van der Waals surface area contributed by atoms with Crippen LogP contribution in [-0.2, 0) is 0 Å². The fraction of sp³-hybridized carbons (Fsp3) is 0.286. The number of benzene rings is 2. The summed E-state index contributed by atoms with van der Waals surface area (Å²) < 4.78 is 11.4. The van der Waals surface area contributed by atoms with Crippen LogP contribution in [0.1, 0.15) is 36.8 Å². The molecule has 130 valence electrons. The number of unbranched alkanes of at least 4 members (excludes halogenated alkanes) is 3. The third-order valence-electron chi connectivity index (χ3n) is 3.76. The Morgan fingerprint density at radius 3 is 1.76 bits per heavy atom. The molecule has 0 bridgehead atoms. The first-order valence-corrected chi connectivity index (χ1v) is 8.46. The number of amidine groups is 1. The first kappa shape index (κ1) is 18.4. The van der Waals surface area contributed by atoms with Gasteiger partial charge in [-0.2, -0.15) is 0 Å². The maximum atomic E-state index is 7.35. The van der Waals surface area contributed by atoms with Gasteiger partial charge >= 0.3 is 0 Å². The second kappa shape index (κ2) is 10.0. The minimum Gasteiger partial charge on any atom is -0.494 e. The third-order valence-corrected chi connectivity index (χ3v) is 3.76. The van der Waals surface area contributed by atoms with E-state index in [1.165, 1.54) is 0 Å². The lowest BCUT2D eigenvalue weighted by atomic mass is 10.2. The van der Waals surface area contributed by atoms with Crippen LogP contribution in [0.25, 0.3) is 0 Å². The van der Waals surface area contributed by atoms with Crippen LogP contribution in [0.15, 0.2) is 48.5 Å². The van der Waals surface area contributed by atoms with Crippen LogP contribution in [-0.4, -0.2) is 19.0 Å². The molecule has 25 heavy (non-hydrogen) atoms. The molecule has 0 aliphatic rings. The fourth-order valence-electron chi connectivity index (χ4n) is 2.32. The Balaban J connectivity index is 1.51. The number of terminal acetylenes is 1. The number of rotatable bonds is 10. The van der Waals surface area contributed by atoms with Gasteiger partial charge < -0.3 is 15.2 Å². The van der Waals surface area contributed by atoms with E-state index in [9.17, 15) is 0 Å². The third kappa shape index (κ3) is 6.60. The fourth-order valence-corrected chi connectivity index (χ4v) is 2.32. The maximum absolute atomic E-state index is 7.35. The van der Waals surface area contributed by atoms with Gasteiger partial charge in [-0.15, -0.1) is 6.42 Å². The number of hydrogen-bond donors (Lipinski definition) is 2. The van der Waals surface area contributed by atoms with E-state index in [0.29, 0.717) is 18.8 Å². The van der Waals surface area contributed by atoms with Crippen LogP contribution in [0.2, 0.25) is 0 Å². The Hall–Kier alpha value is -2.93. The molecule has 0 atom stereocenters. The Morgan fingerprint density at radius 1 is 0.840 bits per heavy atom. The van der Waals surface area contributed by atoms with Crippen molar-refractivity contribution < 1.29 is 9.47 Å². The summed E-state index contributed by atoms with van der Waals surface area (Å²) in [5.74, 6) is 4.32. The van der Waals surface area contributed by atoms with Crippen molar-refractivity contribution in [1.29, 1.82) is 5.41 Å². The van der Waals surface area contributed by atoms with E-state index >= 15 is 0 Å².